The van der Waals surface area contributed by atoms with Gasteiger partial charge in [-0.3, -0.25) is 0 Å². The number of carboxylic acid groups (broad SMARTS) is 4. The number of benzene rings is 4. The first-order valence-corrected chi connectivity index (χ1v) is 15.4. The van der Waals surface area contributed by atoms with Crippen LogP contribution in [0.5, 0.6) is 0 Å². The van der Waals surface area contributed by atoms with Gasteiger partial charge in [0.15, 0.2) is 0 Å². The van der Waals surface area contributed by atoms with Gasteiger partial charge in [-0.15, -0.1) is 0 Å². The molecule has 14 heteroatoms. The van der Waals surface area contributed by atoms with Crippen molar-refractivity contribution in [1.29, 1.82) is 0 Å². The number of para-hydroxylation sites is 4. The Labute approximate surface area is 317 Å². The van der Waals surface area contributed by atoms with E-state index < -0.39 is 23.9 Å². The van der Waals surface area contributed by atoms with Crippen LogP contribution < -0.4 is 20.4 Å². The third-order valence-electron chi connectivity index (χ3n) is 7.23. The number of rotatable bonds is 4. The van der Waals surface area contributed by atoms with Gasteiger partial charge in [0, 0.05) is 21.5 Å². The Morgan fingerprint density at radius 2 is 0.500 bits per heavy atom. The molecule has 273 valence electrons. The number of carbonyl (C=O) groups is 4. The fourth-order valence-corrected chi connectivity index (χ4v) is 4.72. The van der Waals surface area contributed by atoms with Gasteiger partial charge in [-0.1, -0.05) is 97.1 Å². The van der Waals surface area contributed by atoms with Gasteiger partial charge >= 0.3 is 17.1 Å². The van der Waals surface area contributed by atoms with Crippen molar-refractivity contribution < 1.29 is 62.1 Å². The van der Waals surface area contributed by atoms with Gasteiger partial charge in [-0.2, -0.15) is 0 Å². The topological polar surface area (TPSA) is 247 Å². The zero-order valence-electron chi connectivity index (χ0n) is 27.9. The van der Waals surface area contributed by atoms with Crippen LogP contribution in [0.15, 0.2) is 146 Å². The van der Waals surface area contributed by atoms with Crippen LogP contribution in [0.4, 0.5) is 0 Å². The second kappa shape index (κ2) is 19.5. The first-order valence-electron chi connectivity index (χ1n) is 15.4. The molecule has 4 aromatic carbocycles. The molecule has 4 N–H and O–H groups in total. The molecule has 54 heavy (non-hydrogen) atoms. The van der Waals surface area contributed by atoms with Crippen molar-refractivity contribution in [3.8, 4) is 0 Å². The molecule has 0 aliphatic heterocycles. The zero-order valence-corrected chi connectivity index (χ0v) is 28.9. The first-order chi connectivity index (χ1) is 25.1. The standard InChI is InChI=1S/4C10H7NO2.Cu.H4O/c4*12-10(13)9-6-5-7-3-1-2-4-8(7)11-9;;/h4*1-6H,(H,12,13);;1H4/q;;;;2*+2/p-4. The van der Waals surface area contributed by atoms with Crippen molar-refractivity contribution in [2.45, 2.75) is 0 Å². The third kappa shape index (κ3) is 10.9. The minimum Gasteiger partial charge on any atom is -0.873 e. The van der Waals surface area contributed by atoms with Crippen LogP contribution in [-0.4, -0.2) is 43.8 Å². The van der Waals surface area contributed by atoms with Crippen LogP contribution in [0.1, 0.15) is 42.0 Å². The van der Waals surface area contributed by atoms with E-state index in [4.69, 9.17) is 0 Å². The van der Waals surface area contributed by atoms with E-state index in [2.05, 4.69) is 19.9 Å². The number of nitrogens with zero attached hydrogens (tertiary/aromatic N) is 4. The minimum absolute atomic E-state index is 0. The predicted octanol–water partition coefficient (Wildman–Crippen LogP) is 1.20. The smallest absolute Gasteiger partial charge is 0.873 e. The van der Waals surface area contributed by atoms with E-state index in [1.165, 1.54) is 24.3 Å². The number of pyridine rings is 4. The Hall–Kier alpha value is -7.12. The molecular weight excluding hydrogens is 744 g/mol. The number of hydrogen-bond donors (Lipinski definition) is 0. The van der Waals surface area contributed by atoms with Crippen molar-refractivity contribution in [3.05, 3.63) is 168 Å². The van der Waals surface area contributed by atoms with E-state index >= 15 is 0 Å². The molecule has 4 aromatic heterocycles. The molecule has 0 bridgehead atoms. The zero-order chi connectivity index (χ0) is 37.0. The summed E-state index contributed by atoms with van der Waals surface area (Å²) in [6.45, 7) is 0. The number of carbonyl (C=O) groups excluding carboxylic acids is 4. The Kier molecular flexibility index (Phi) is 14.9. The molecule has 0 fully saturated rings. The summed E-state index contributed by atoms with van der Waals surface area (Å²) in [7, 11) is 0. The summed E-state index contributed by atoms with van der Waals surface area (Å²) in [4.78, 5) is 57.5. The molecule has 0 aliphatic rings. The van der Waals surface area contributed by atoms with Crippen molar-refractivity contribution in [3.63, 3.8) is 0 Å². The Balaban J connectivity index is 0.000000191. The Morgan fingerprint density at radius 3 is 0.685 bits per heavy atom. The van der Waals surface area contributed by atoms with Crippen LogP contribution in [0.25, 0.3) is 43.6 Å². The van der Waals surface area contributed by atoms with Crippen LogP contribution in [0, 0.1) is 0 Å². The summed E-state index contributed by atoms with van der Waals surface area (Å²) in [5.41, 5.74) is 2.57. The molecule has 0 atom stereocenters. The molecule has 8 rings (SSSR count). The van der Waals surface area contributed by atoms with Crippen LogP contribution in [-0.2, 0) is 22.5 Å². The summed E-state index contributed by atoms with van der Waals surface area (Å²) < 4.78 is 0. The summed E-state index contributed by atoms with van der Waals surface area (Å²) in [6, 6.07) is 42.0. The van der Waals surface area contributed by atoms with E-state index in [9.17, 15) is 39.6 Å². The summed E-state index contributed by atoms with van der Waals surface area (Å²) >= 11 is 0. The van der Waals surface area contributed by atoms with Gasteiger partial charge in [0.05, 0.1) is 68.7 Å². The van der Waals surface area contributed by atoms with Crippen molar-refractivity contribution >= 4 is 67.5 Å². The van der Waals surface area contributed by atoms with E-state index in [1.54, 1.807) is 48.5 Å². The average molecular weight is 772 g/mol. The SMILES string of the molecule is O=C([O-])c1ccc2ccccc2n1.O=C([O-])c1ccc2ccccc2n1.O=C([O-])c1ccc2ccccc2n1.O=C([O-])c1ccc2ccccc2n1.[Cu+2].[OH4+2]. The molecule has 1 radical (unpaired) electrons. The van der Waals surface area contributed by atoms with Crippen LogP contribution >= 0.6 is 0 Å². The number of carboxylic acids is 4. The number of fused-ring (bicyclic) bond motifs is 4. The number of hydrogen-bond acceptors (Lipinski definition) is 12. The first kappa shape index (κ1) is 41.3. The predicted molar refractivity (Wildman–Crippen MR) is 191 cm³/mol. The van der Waals surface area contributed by atoms with Crippen LogP contribution in [0.3, 0.4) is 0 Å². The van der Waals surface area contributed by atoms with Gasteiger partial charge in [0.2, 0.25) is 0 Å². The maximum Gasteiger partial charge on any atom is 2.00 e. The van der Waals surface area contributed by atoms with Crippen LogP contribution in [0.2, 0.25) is 0 Å². The van der Waals surface area contributed by atoms with Gasteiger partial charge < -0.3 is 45.1 Å². The van der Waals surface area contributed by atoms with Gasteiger partial charge in [0.1, 0.15) is 0 Å². The van der Waals surface area contributed by atoms with Crippen molar-refractivity contribution in [2.75, 3.05) is 0 Å². The molecule has 8 aromatic rings. The summed E-state index contributed by atoms with van der Waals surface area (Å²) in [5, 5.41) is 45.6. The minimum atomic E-state index is -1.24. The van der Waals surface area contributed by atoms with Gasteiger partial charge in [-0.05, 0) is 48.5 Å². The fraction of sp³-hybridized carbons (Fsp3) is 0. The van der Waals surface area contributed by atoms with E-state index in [-0.39, 0.29) is 45.3 Å². The largest absolute Gasteiger partial charge is 2.00 e. The number of aromatic nitrogens is 4. The van der Waals surface area contributed by atoms with Crippen molar-refractivity contribution in [2.24, 2.45) is 0 Å². The molecule has 0 aliphatic carbocycles. The molecule has 4 heterocycles. The monoisotopic (exact) mass is 771 g/mol. The maximum atomic E-state index is 10.5. The molecule has 0 unspecified atom stereocenters. The van der Waals surface area contributed by atoms with E-state index in [0.29, 0.717) is 22.1 Å². The fourth-order valence-electron chi connectivity index (χ4n) is 4.72. The maximum absolute atomic E-state index is 10.5. The molecule has 0 amide bonds. The Morgan fingerprint density at radius 1 is 0.315 bits per heavy atom. The molecule has 0 saturated heterocycles. The molecule has 0 spiro atoms. The van der Waals surface area contributed by atoms with E-state index in [1.807, 2.05) is 72.8 Å². The second-order valence-corrected chi connectivity index (χ2v) is 10.7. The number of aromatic carboxylic acids is 4. The summed E-state index contributed by atoms with van der Waals surface area (Å²) in [6.07, 6.45) is 0. The molecule has 13 nitrogen and oxygen atoms in total. The van der Waals surface area contributed by atoms with Gasteiger partial charge in [-0.25, -0.2) is 19.9 Å². The molecular formula is C40H28CuN4O9. The van der Waals surface area contributed by atoms with Gasteiger partial charge in [0.25, 0.3) is 0 Å². The van der Waals surface area contributed by atoms with E-state index in [0.717, 1.165) is 21.5 Å². The third-order valence-corrected chi connectivity index (χ3v) is 7.23. The summed E-state index contributed by atoms with van der Waals surface area (Å²) in [5.74, 6) is -4.98. The second-order valence-electron chi connectivity index (χ2n) is 10.7. The quantitative estimate of drug-likeness (QED) is 0.229. The van der Waals surface area contributed by atoms with Crippen molar-refractivity contribution in [1.82, 2.24) is 19.9 Å². The normalized spacial score (nSPS) is 9.78. The average Bonchev–Trinajstić information content (AvgIpc) is 3.17. The molecule has 0 saturated carbocycles. The Bertz CT molecular complexity index is 2230.